The van der Waals surface area contributed by atoms with Crippen molar-refractivity contribution in [3.63, 3.8) is 0 Å². The van der Waals surface area contributed by atoms with Crippen LogP contribution in [0.5, 0.6) is 23.0 Å². The molecule has 0 atom stereocenters. The first-order valence-corrected chi connectivity index (χ1v) is 14.8. The van der Waals surface area contributed by atoms with Gasteiger partial charge in [0.1, 0.15) is 24.7 Å². The zero-order chi connectivity index (χ0) is 30.6. The van der Waals surface area contributed by atoms with E-state index in [4.69, 9.17) is 35.0 Å². The van der Waals surface area contributed by atoms with Crippen molar-refractivity contribution in [3.05, 3.63) is 122 Å². The second kappa shape index (κ2) is 12.9. The van der Waals surface area contributed by atoms with Crippen molar-refractivity contribution >= 4 is 39.7 Å². The van der Waals surface area contributed by atoms with Crippen molar-refractivity contribution in [2.24, 2.45) is 5.10 Å². The molecule has 0 saturated carbocycles. The van der Waals surface area contributed by atoms with Crippen molar-refractivity contribution in [2.75, 3.05) is 6.79 Å². The molecule has 44 heavy (non-hydrogen) atoms. The maximum Gasteiger partial charge on any atom is 0.307 e. The molecule has 1 amide bonds. The van der Waals surface area contributed by atoms with Crippen LogP contribution in [0.1, 0.15) is 38.8 Å². The second-order valence-electron chi connectivity index (χ2n) is 9.99. The molecule has 3 aromatic carbocycles. The van der Waals surface area contributed by atoms with Gasteiger partial charge in [0, 0.05) is 17.1 Å². The normalized spacial score (nSPS) is 12.1. The summed E-state index contributed by atoms with van der Waals surface area (Å²) in [7, 11) is 0. The quantitative estimate of drug-likeness (QED) is 0.120. The van der Waals surface area contributed by atoms with Crippen LogP contribution in [0.2, 0.25) is 5.02 Å². The van der Waals surface area contributed by atoms with Crippen molar-refractivity contribution < 1.29 is 28.2 Å². The van der Waals surface area contributed by atoms with E-state index in [-0.39, 0.29) is 25.8 Å². The largest absolute Gasteiger partial charge is 0.486 e. The van der Waals surface area contributed by atoms with Crippen LogP contribution in [0.25, 0.3) is 5.69 Å². The van der Waals surface area contributed by atoms with Gasteiger partial charge in [0.15, 0.2) is 23.0 Å². The Labute approximate surface area is 267 Å². The number of hydrogen-bond acceptors (Lipinski definition) is 7. The number of nitrogens with one attached hydrogen (secondary N) is 1. The van der Waals surface area contributed by atoms with Crippen LogP contribution in [-0.2, 0) is 13.2 Å². The van der Waals surface area contributed by atoms with Gasteiger partial charge in [0.2, 0.25) is 6.79 Å². The predicted octanol–water partition coefficient (Wildman–Crippen LogP) is 7.75. The summed E-state index contributed by atoms with van der Waals surface area (Å²) in [5.74, 6) is 2.69. The highest BCUT2D eigenvalue weighted by Crippen LogP contribution is 2.36. The van der Waals surface area contributed by atoms with E-state index in [0.29, 0.717) is 43.8 Å². The third-order valence-electron chi connectivity index (χ3n) is 6.85. The first kappa shape index (κ1) is 29.4. The van der Waals surface area contributed by atoms with E-state index in [2.05, 4.69) is 57.0 Å². The van der Waals surface area contributed by atoms with E-state index in [1.807, 2.05) is 42.5 Å². The van der Waals surface area contributed by atoms with E-state index in [9.17, 15) is 4.79 Å². The Kier molecular flexibility index (Phi) is 8.63. The number of ether oxygens (including phenoxy) is 4. The summed E-state index contributed by atoms with van der Waals surface area (Å²) in [6, 6.07) is 24.3. The van der Waals surface area contributed by atoms with Gasteiger partial charge in [0.05, 0.1) is 15.7 Å². The molecule has 0 unspecified atom stereocenters. The molecule has 5 aromatic rings. The number of amides is 1. The maximum absolute atomic E-state index is 12.6. The number of halogens is 2. The molecule has 0 radical (unpaired) electrons. The SMILES string of the molecule is Cc1ccc(C)n1-c1ccc(OCc2ccc(C(=O)N/N=C/c3cc(Cl)c(OCc4ccc5c(c4)OCO5)c(Br)c3)o2)cc1. The van der Waals surface area contributed by atoms with Gasteiger partial charge in [-0.3, -0.25) is 4.79 Å². The summed E-state index contributed by atoms with van der Waals surface area (Å²) in [5.41, 5.74) is 7.41. The number of carbonyl (C=O) groups is 1. The van der Waals surface area contributed by atoms with Gasteiger partial charge >= 0.3 is 5.91 Å². The summed E-state index contributed by atoms with van der Waals surface area (Å²) < 4.78 is 31.0. The highest BCUT2D eigenvalue weighted by atomic mass is 79.9. The minimum atomic E-state index is -0.497. The Bertz CT molecular complexity index is 1800. The Morgan fingerprint density at radius 3 is 2.50 bits per heavy atom. The first-order chi connectivity index (χ1) is 21.3. The van der Waals surface area contributed by atoms with Gasteiger partial charge in [-0.1, -0.05) is 17.7 Å². The molecule has 0 aliphatic carbocycles. The molecule has 2 aromatic heterocycles. The molecular formula is C33H27BrClN3O6. The predicted molar refractivity (Wildman–Crippen MR) is 169 cm³/mol. The Balaban J connectivity index is 1.00. The number of fused-ring (bicyclic) bond motifs is 1. The number of furan rings is 1. The molecule has 0 spiro atoms. The zero-order valence-corrected chi connectivity index (χ0v) is 26.1. The van der Waals surface area contributed by atoms with E-state index >= 15 is 0 Å². The standard InChI is InChI=1S/C33H27BrClN3O6/c1-20-3-4-21(2)38(20)24-6-8-25(9-7-24)40-18-26-10-12-30(44-26)33(39)37-36-16-23-13-27(34)32(28(35)14-23)41-17-22-5-11-29-31(15-22)43-19-42-29/h3-16H,17-19H2,1-2H3,(H,37,39)/b36-16+. The lowest BCUT2D eigenvalue weighted by atomic mass is 10.2. The Morgan fingerprint density at radius 2 is 1.73 bits per heavy atom. The van der Waals surface area contributed by atoms with Gasteiger partial charge < -0.3 is 27.9 Å². The first-order valence-electron chi connectivity index (χ1n) is 13.6. The lowest BCUT2D eigenvalue weighted by molar-refractivity contribution is 0.0923. The Morgan fingerprint density at radius 1 is 0.955 bits per heavy atom. The van der Waals surface area contributed by atoms with E-state index in [1.54, 1.807) is 24.3 Å². The van der Waals surface area contributed by atoms with E-state index in [0.717, 1.165) is 22.6 Å². The molecule has 6 rings (SSSR count). The highest BCUT2D eigenvalue weighted by Gasteiger charge is 2.15. The number of benzene rings is 3. The second-order valence-corrected chi connectivity index (χ2v) is 11.3. The van der Waals surface area contributed by atoms with E-state index in [1.165, 1.54) is 6.21 Å². The third-order valence-corrected chi connectivity index (χ3v) is 7.72. The fourth-order valence-corrected chi connectivity index (χ4v) is 5.69. The smallest absolute Gasteiger partial charge is 0.307 e. The number of hydrazone groups is 1. The van der Waals surface area contributed by atoms with Crippen LogP contribution in [0.3, 0.4) is 0 Å². The molecule has 0 bridgehead atoms. The number of hydrogen-bond donors (Lipinski definition) is 1. The summed E-state index contributed by atoms with van der Waals surface area (Å²) >= 11 is 9.98. The fourth-order valence-electron chi connectivity index (χ4n) is 4.70. The van der Waals surface area contributed by atoms with Gasteiger partial charge in [-0.2, -0.15) is 5.10 Å². The van der Waals surface area contributed by atoms with Crippen molar-refractivity contribution in [1.29, 1.82) is 0 Å². The maximum atomic E-state index is 12.6. The molecule has 11 heteroatoms. The van der Waals surface area contributed by atoms with Gasteiger partial charge in [-0.25, -0.2) is 5.43 Å². The van der Waals surface area contributed by atoms with E-state index < -0.39 is 5.91 Å². The number of aryl methyl sites for hydroxylation is 2. The summed E-state index contributed by atoms with van der Waals surface area (Å²) in [6.07, 6.45) is 1.48. The number of nitrogens with zero attached hydrogens (tertiary/aromatic N) is 2. The molecule has 0 saturated heterocycles. The van der Waals surface area contributed by atoms with Crippen LogP contribution < -0.4 is 24.4 Å². The van der Waals surface area contributed by atoms with Gasteiger partial charge in [0.25, 0.3) is 0 Å². The third kappa shape index (κ3) is 6.61. The molecule has 9 nitrogen and oxygen atoms in total. The fraction of sp³-hybridized carbons (Fsp3) is 0.152. The van der Waals surface area contributed by atoms with Crippen LogP contribution in [0, 0.1) is 13.8 Å². The van der Waals surface area contributed by atoms with Gasteiger partial charge in [-0.15, -0.1) is 0 Å². The minimum Gasteiger partial charge on any atom is -0.486 e. The molecular weight excluding hydrogens is 650 g/mol. The molecule has 224 valence electrons. The minimum absolute atomic E-state index is 0.112. The average Bonchev–Trinajstić information content (AvgIpc) is 3.76. The average molecular weight is 677 g/mol. The summed E-state index contributed by atoms with van der Waals surface area (Å²) in [5, 5.41) is 4.42. The topological polar surface area (TPSA) is 96.5 Å². The number of carbonyl (C=O) groups excluding carboxylic acids is 1. The van der Waals surface area contributed by atoms with Gasteiger partial charge in [-0.05, 0) is 114 Å². The van der Waals surface area contributed by atoms with Crippen LogP contribution in [0.15, 0.2) is 92.9 Å². The van der Waals surface area contributed by atoms with Crippen LogP contribution >= 0.6 is 27.5 Å². The lowest BCUT2D eigenvalue weighted by Crippen LogP contribution is -2.16. The number of aromatic nitrogens is 1. The monoisotopic (exact) mass is 675 g/mol. The molecule has 0 fully saturated rings. The Hall–Kier alpha value is -4.67. The lowest BCUT2D eigenvalue weighted by Gasteiger charge is -2.11. The zero-order valence-electron chi connectivity index (χ0n) is 23.8. The van der Waals surface area contributed by atoms with Crippen LogP contribution in [0.4, 0.5) is 0 Å². The highest BCUT2D eigenvalue weighted by molar-refractivity contribution is 9.10. The summed E-state index contributed by atoms with van der Waals surface area (Å²) in [6.45, 7) is 4.81. The molecule has 3 heterocycles. The van der Waals surface area contributed by atoms with Crippen molar-refractivity contribution in [3.8, 4) is 28.7 Å². The molecule has 1 N–H and O–H groups in total. The van der Waals surface area contributed by atoms with Crippen LogP contribution in [-0.4, -0.2) is 23.5 Å². The molecule has 1 aliphatic heterocycles. The number of rotatable bonds is 10. The molecule has 1 aliphatic rings. The van der Waals surface area contributed by atoms with Crippen molar-refractivity contribution in [2.45, 2.75) is 27.1 Å². The van der Waals surface area contributed by atoms with Crippen molar-refractivity contribution in [1.82, 2.24) is 9.99 Å². The summed E-state index contributed by atoms with van der Waals surface area (Å²) in [4.78, 5) is 12.6.